The Morgan fingerprint density at radius 2 is 2.32 bits per heavy atom. The highest BCUT2D eigenvalue weighted by Gasteiger charge is 2.08. The van der Waals surface area contributed by atoms with Crippen molar-refractivity contribution in [3.05, 3.63) is 35.2 Å². The molecule has 2 aromatic rings. The molecule has 19 heavy (non-hydrogen) atoms. The third-order valence-corrected chi connectivity index (χ3v) is 3.45. The van der Waals surface area contributed by atoms with Gasteiger partial charge < -0.3 is 10.2 Å². The van der Waals surface area contributed by atoms with Crippen molar-refractivity contribution < 1.29 is 4.74 Å². The molecule has 100 valence electrons. The zero-order valence-electron chi connectivity index (χ0n) is 10.1. The van der Waals surface area contributed by atoms with Gasteiger partial charge in [-0.2, -0.15) is 0 Å². The molecule has 0 unspecified atom stereocenters. The molecule has 2 rings (SSSR count). The standard InChI is InChI=1S/C11H12ClN5OS/c1-18-6-9-15-8(17-13)5-10(16-9)19-11-7(12)3-2-4-14-11/h2-5H,6,13H2,1H3,(H,15,16,17). The Morgan fingerprint density at radius 1 is 1.47 bits per heavy atom. The number of hydrogen-bond donors (Lipinski definition) is 2. The number of nitrogens with one attached hydrogen (secondary N) is 1. The van der Waals surface area contributed by atoms with Crippen LogP contribution in [0.15, 0.2) is 34.4 Å². The van der Waals surface area contributed by atoms with Crippen molar-refractivity contribution in [2.45, 2.75) is 16.7 Å². The Morgan fingerprint density at radius 3 is 3.00 bits per heavy atom. The van der Waals surface area contributed by atoms with Crippen LogP contribution in [0, 0.1) is 0 Å². The van der Waals surface area contributed by atoms with Gasteiger partial charge >= 0.3 is 0 Å². The number of aromatic nitrogens is 3. The van der Waals surface area contributed by atoms with Crippen LogP contribution in [0.25, 0.3) is 0 Å². The minimum atomic E-state index is 0.305. The number of nitrogens with two attached hydrogens (primary N) is 1. The molecule has 3 N–H and O–H groups in total. The molecule has 0 spiro atoms. The van der Waals surface area contributed by atoms with Gasteiger partial charge in [-0.1, -0.05) is 11.6 Å². The zero-order chi connectivity index (χ0) is 13.7. The van der Waals surface area contributed by atoms with Crippen LogP contribution in [0.1, 0.15) is 5.82 Å². The number of rotatable bonds is 5. The number of nitrogen functional groups attached to an aromatic ring is 1. The summed E-state index contributed by atoms with van der Waals surface area (Å²) in [6.07, 6.45) is 1.67. The molecule has 0 atom stereocenters. The number of methoxy groups -OCH3 is 1. The number of hydrazine groups is 1. The lowest BCUT2D eigenvalue weighted by molar-refractivity contribution is 0.177. The molecule has 0 saturated heterocycles. The number of ether oxygens (including phenoxy) is 1. The third-order valence-electron chi connectivity index (χ3n) is 2.10. The summed E-state index contributed by atoms with van der Waals surface area (Å²) in [5.41, 5.74) is 2.49. The smallest absolute Gasteiger partial charge is 0.157 e. The van der Waals surface area contributed by atoms with Gasteiger partial charge in [0.15, 0.2) is 5.82 Å². The summed E-state index contributed by atoms with van der Waals surface area (Å²) >= 11 is 7.40. The predicted octanol–water partition coefficient (Wildman–Crippen LogP) is 2.11. The summed E-state index contributed by atoms with van der Waals surface area (Å²) < 4.78 is 5.01. The average molecular weight is 298 g/mol. The number of pyridine rings is 1. The number of anilines is 1. The van der Waals surface area contributed by atoms with E-state index in [0.717, 1.165) is 0 Å². The highest BCUT2D eigenvalue weighted by molar-refractivity contribution is 7.99. The Kier molecular flexibility index (Phi) is 4.92. The molecule has 0 aliphatic rings. The first kappa shape index (κ1) is 14.0. The fourth-order valence-electron chi connectivity index (χ4n) is 1.34. The van der Waals surface area contributed by atoms with Crippen LogP contribution in [-0.4, -0.2) is 22.1 Å². The summed E-state index contributed by atoms with van der Waals surface area (Å²) in [6, 6.07) is 5.26. The van der Waals surface area contributed by atoms with Gasteiger partial charge in [0.05, 0.1) is 5.02 Å². The Balaban J connectivity index is 2.29. The number of halogens is 1. The van der Waals surface area contributed by atoms with E-state index in [1.807, 2.05) is 0 Å². The van der Waals surface area contributed by atoms with Crippen molar-refractivity contribution in [3.63, 3.8) is 0 Å². The van der Waals surface area contributed by atoms with Gasteiger partial charge in [0, 0.05) is 19.4 Å². The zero-order valence-corrected chi connectivity index (χ0v) is 11.7. The second kappa shape index (κ2) is 6.67. The third kappa shape index (κ3) is 3.77. The molecule has 0 amide bonds. The molecular formula is C11H12ClN5OS. The van der Waals surface area contributed by atoms with Gasteiger partial charge in [-0.25, -0.2) is 20.8 Å². The van der Waals surface area contributed by atoms with Crippen LogP contribution in [-0.2, 0) is 11.3 Å². The molecular weight excluding hydrogens is 286 g/mol. The number of nitrogens with zero attached hydrogens (tertiary/aromatic N) is 3. The Hall–Kier alpha value is -1.41. The Bertz CT molecular complexity index is 569. The summed E-state index contributed by atoms with van der Waals surface area (Å²) in [5.74, 6) is 6.42. The maximum Gasteiger partial charge on any atom is 0.157 e. The summed E-state index contributed by atoms with van der Waals surface area (Å²) in [4.78, 5) is 12.7. The van der Waals surface area contributed by atoms with Gasteiger partial charge in [0.2, 0.25) is 0 Å². The highest BCUT2D eigenvalue weighted by Crippen LogP contribution is 2.30. The lowest BCUT2D eigenvalue weighted by atomic mass is 10.5. The first-order chi connectivity index (χ1) is 9.22. The van der Waals surface area contributed by atoms with E-state index in [-0.39, 0.29) is 0 Å². The summed E-state index contributed by atoms with van der Waals surface area (Å²) in [7, 11) is 1.58. The lowest BCUT2D eigenvalue weighted by Gasteiger charge is -2.07. The first-order valence-corrected chi connectivity index (χ1v) is 6.54. The molecule has 2 heterocycles. The highest BCUT2D eigenvalue weighted by atomic mass is 35.5. The summed E-state index contributed by atoms with van der Waals surface area (Å²) in [6.45, 7) is 0.305. The largest absolute Gasteiger partial charge is 0.377 e. The van der Waals surface area contributed by atoms with Crippen LogP contribution >= 0.6 is 23.4 Å². The fraction of sp³-hybridized carbons (Fsp3) is 0.182. The van der Waals surface area contributed by atoms with Crippen LogP contribution < -0.4 is 11.3 Å². The second-order valence-electron chi connectivity index (χ2n) is 3.48. The average Bonchev–Trinajstić information content (AvgIpc) is 2.41. The molecule has 0 aliphatic carbocycles. The second-order valence-corrected chi connectivity index (χ2v) is 4.89. The van der Waals surface area contributed by atoms with Gasteiger partial charge in [0.1, 0.15) is 22.5 Å². The van der Waals surface area contributed by atoms with Crippen molar-refractivity contribution in [3.8, 4) is 0 Å². The molecule has 0 radical (unpaired) electrons. The lowest BCUT2D eigenvalue weighted by Crippen LogP contribution is -2.11. The monoisotopic (exact) mass is 297 g/mol. The predicted molar refractivity (Wildman–Crippen MR) is 73.9 cm³/mol. The van der Waals surface area contributed by atoms with E-state index in [9.17, 15) is 0 Å². The van der Waals surface area contributed by atoms with E-state index in [2.05, 4.69) is 20.4 Å². The van der Waals surface area contributed by atoms with Gasteiger partial charge in [-0.15, -0.1) is 0 Å². The molecule has 0 aromatic carbocycles. The van der Waals surface area contributed by atoms with E-state index in [1.54, 1.807) is 31.5 Å². The van der Waals surface area contributed by atoms with Gasteiger partial charge in [-0.3, -0.25) is 0 Å². The molecule has 6 nitrogen and oxygen atoms in total. The Labute approximate surface area is 119 Å². The molecule has 8 heteroatoms. The quantitative estimate of drug-likeness (QED) is 0.496. The van der Waals surface area contributed by atoms with Crippen LogP contribution in [0.2, 0.25) is 5.02 Å². The molecule has 0 saturated carbocycles. The van der Waals surface area contributed by atoms with E-state index in [4.69, 9.17) is 22.2 Å². The maximum atomic E-state index is 6.06. The van der Waals surface area contributed by atoms with Crippen LogP contribution in [0.4, 0.5) is 5.82 Å². The van der Waals surface area contributed by atoms with Gasteiger partial charge in [0.25, 0.3) is 0 Å². The molecule has 0 aliphatic heterocycles. The maximum absolute atomic E-state index is 6.06. The fourth-order valence-corrected chi connectivity index (χ4v) is 2.37. The van der Waals surface area contributed by atoms with Crippen molar-refractivity contribution >= 4 is 29.2 Å². The number of hydrogen-bond acceptors (Lipinski definition) is 7. The van der Waals surface area contributed by atoms with Crippen molar-refractivity contribution in [2.75, 3.05) is 12.5 Å². The molecule has 0 bridgehead atoms. The normalized spacial score (nSPS) is 10.5. The minimum Gasteiger partial charge on any atom is -0.377 e. The molecule has 2 aromatic heterocycles. The van der Waals surface area contributed by atoms with E-state index >= 15 is 0 Å². The SMILES string of the molecule is COCc1nc(NN)cc(Sc2ncccc2Cl)n1. The van der Waals surface area contributed by atoms with Crippen molar-refractivity contribution in [1.29, 1.82) is 0 Å². The van der Waals surface area contributed by atoms with E-state index in [0.29, 0.717) is 33.3 Å². The summed E-state index contributed by atoms with van der Waals surface area (Å²) in [5, 5.41) is 1.94. The molecule has 0 fully saturated rings. The van der Waals surface area contributed by atoms with E-state index in [1.165, 1.54) is 11.8 Å². The van der Waals surface area contributed by atoms with Crippen molar-refractivity contribution in [1.82, 2.24) is 15.0 Å². The van der Waals surface area contributed by atoms with Gasteiger partial charge in [-0.05, 0) is 23.9 Å². The van der Waals surface area contributed by atoms with E-state index < -0.39 is 0 Å². The first-order valence-electron chi connectivity index (χ1n) is 5.35. The van der Waals surface area contributed by atoms with Crippen molar-refractivity contribution in [2.24, 2.45) is 5.84 Å². The minimum absolute atomic E-state index is 0.305. The topological polar surface area (TPSA) is 86.0 Å². The van der Waals surface area contributed by atoms with Crippen LogP contribution in [0.3, 0.4) is 0 Å². The van der Waals surface area contributed by atoms with Crippen LogP contribution in [0.5, 0.6) is 0 Å².